The molecule has 0 saturated carbocycles. The number of nitrogens with zero attached hydrogens (tertiary/aromatic N) is 4. The summed E-state index contributed by atoms with van der Waals surface area (Å²) in [7, 11) is 0. The maximum atomic E-state index is 9.54. The predicted octanol–water partition coefficient (Wildman–Crippen LogP) is 12.6. The van der Waals surface area contributed by atoms with E-state index in [1.807, 2.05) is 84.9 Å². The molecule has 272 valence electrons. The number of para-hydroxylation sites is 2. The Bertz CT molecular complexity index is 2950. The number of ether oxygens (including phenoxy) is 1. The average molecular weight is 743 g/mol. The van der Waals surface area contributed by atoms with E-state index in [1.54, 1.807) is 0 Å². The molecule has 1 aromatic heterocycles. The predicted molar refractivity (Wildman–Crippen MR) is 230 cm³/mol. The Morgan fingerprint density at radius 1 is 0.397 bits per heavy atom. The number of hydrogen-bond acceptors (Lipinski definition) is 5. The van der Waals surface area contributed by atoms with Crippen molar-refractivity contribution in [3.63, 3.8) is 0 Å². The quantitative estimate of drug-likeness (QED) is 0.163. The van der Waals surface area contributed by atoms with Gasteiger partial charge in [0.15, 0.2) is 17.5 Å². The van der Waals surface area contributed by atoms with Crippen molar-refractivity contribution in [3.05, 3.63) is 234 Å². The van der Waals surface area contributed by atoms with Crippen molar-refractivity contribution in [2.24, 2.45) is 0 Å². The molecule has 0 N–H and O–H groups in total. The Labute approximate surface area is 337 Å². The number of nitriles is 1. The molecule has 0 fully saturated rings. The van der Waals surface area contributed by atoms with Crippen molar-refractivity contribution < 1.29 is 4.74 Å². The maximum absolute atomic E-state index is 9.54. The van der Waals surface area contributed by atoms with Crippen LogP contribution in [-0.2, 0) is 5.41 Å². The molecule has 5 nitrogen and oxygen atoms in total. The fourth-order valence-electron chi connectivity index (χ4n) is 8.24. The summed E-state index contributed by atoms with van der Waals surface area (Å²) in [5.74, 6) is 3.32. The molecular weight excluding hydrogens is 709 g/mol. The summed E-state index contributed by atoms with van der Waals surface area (Å²) in [4.78, 5) is 15.2. The van der Waals surface area contributed by atoms with Gasteiger partial charge >= 0.3 is 0 Å². The first-order valence-corrected chi connectivity index (χ1v) is 19.2. The van der Waals surface area contributed by atoms with Crippen LogP contribution in [0.5, 0.6) is 11.5 Å². The van der Waals surface area contributed by atoms with Gasteiger partial charge in [-0.3, -0.25) is 0 Å². The first kappa shape index (κ1) is 34.5. The zero-order valence-corrected chi connectivity index (χ0v) is 31.3. The summed E-state index contributed by atoms with van der Waals surface area (Å²) < 4.78 is 6.96. The van der Waals surface area contributed by atoms with Crippen molar-refractivity contribution in [2.75, 3.05) is 0 Å². The van der Waals surface area contributed by atoms with Crippen LogP contribution >= 0.6 is 0 Å². The summed E-state index contributed by atoms with van der Waals surface area (Å²) >= 11 is 0. The van der Waals surface area contributed by atoms with Crippen LogP contribution in [0.2, 0.25) is 0 Å². The summed E-state index contributed by atoms with van der Waals surface area (Å²) in [5, 5.41) is 9.54. The van der Waals surface area contributed by atoms with Gasteiger partial charge in [0.1, 0.15) is 11.5 Å². The molecule has 5 heteroatoms. The van der Waals surface area contributed by atoms with Gasteiger partial charge in [-0.25, -0.2) is 15.0 Å². The Hall–Kier alpha value is -7.94. The van der Waals surface area contributed by atoms with E-state index in [2.05, 4.69) is 127 Å². The van der Waals surface area contributed by atoms with Crippen LogP contribution in [0, 0.1) is 11.3 Å². The molecule has 8 aromatic carbocycles. The monoisotopic (exact) mass is 742 g/mol. The van der Waals surface area contributed by atoms with Gasteiger partial charge in [0.2, 0.25) is 0 Å². The number of hydrogen-bond donors (Lipinski definition) is 0. The number of benzene rings is 8. The minimum absolute atomic E-state index is 0.556. The van der Waals surface area contributed by atoms with E-state index < -0.39 is 5.41 Å². The van der Waals surface area contributed by atoms with Crippen molar-refractivity contribution in [1.82, 2.24) is 15.0 Å². The zero-order valence-electron chi connectivity index (χ0n) is 31.3. The zero-order chi connectivity index (χ0) is 38.9. The lowest BCUT2D eigenvalue weighted by Crippen LogP contribution is -2.34. The van der Waals surface area contributed by atoms with Gasteiger partial charge < -0.3 is 4.74 Å². The smallest absolute Gasteiger partial charge is 0.164 e. The lowest BCUT2D eigenvalue weighted by molar-refractivity contribution is 0.436. The first-order chi connectivity index (χ1) is 28.7. The standard InChI is InChI=1S/C53H34N4O/c54-35-36-16-12-19-38(32-36)39-20-13-22-41(33-39)51-55-50(37-17-4-1-5-18-37)56-52(57-51)42-23-14-21-40(34-42)45-28-15-30-47-49(45)58-48-31-11-10-29-46(48)53(47,43-24-6-2-7-25-43)44-26-8-3-9-27-44/h1-34H. The highest BCUT2D eigenvalue weighted by Crippen LogP contribution is 2.57. The fraction of sp³-hybridized carbons (Fsp3) is 0.0189. The van der Waals surface area contributed by atoms with Crippen LogP contribution < -0.4 is 4.74 Å². The molecule has 0 aliphatic carbocycles. The lowest BCUT2D eigenvalue weighted by atomic mass is 9.63. The summed E-state index contributed by atoms with van der Waals surface area (Å²) in [6.07, 6.45) is 0. The van der Waals surface area contributed by atoms with Crippen LogP contribution in [0.3, 0.4) is 0 Å². The van der Waals surface area contributed by atoms with Gasteiger partial charge in [-0.05, 0) is 58.1 Å². The highest BCUT2D eigenvalue weighted by molar-refractivity contribution is 5.82. The molecular formula is C53H34N4O. The minimum atomic E-state index is -0.627. The van der Waals surface area contributed by atoms with Gasteiger partial charge in [-0.1, -0.05) is 176 Å². The van der Waals surface area contributed by atoms with E-state index in [-0.39, 0.29) is 0 Å². The second-order valence-electron chi connectivity index (χ2n) is 14.3. The SMILES string of the molecule is N#Cc1cccc(-c2cccc(-c3nc(-c4ccccc4)nc(-c4cccc(-c5cccc6c5Oc5ccccc5C6(c5ccccc5)c5ccccc5)c4)n3)c2)c1. The van der Waals surface area contributed by atoms with E-state index in [0.717, 1.165) is 72.7 Å². The lowest BCUT2D eigenvalue weighted by Gasteiger charge is -2.42. The molecule has 9 aromatic rings. The van der Waals surface area contributed by atoms with Gasteiger partial charge in [-0.15, -0.1) is 0 Å². The number of fused-ring (bicyclic) bond motifs is 2. The minimum Gasteiger partial charge on any atom is -0.456 e. The van der Waals surface area contributed by atoms with Crippen molar-refractivity contribution in [3.8, 4) is 74.0 Å². The van der Waals surface area contributed by atoms with Crippen LogP contribution in [-0.4, -0.2) is 15.0 Å². The second kappa shape index (κ2) is 14.6. The Morgan fingerprint density at radius 3 is 1.52 bits per heavy atom. The van der Waals surface area contributed by atoms with E-state index in [1.165, 1.54) is 0 Å². The number of aromatic nitrogens is 3. The van der Waals surface area contributed by atoms with Crippen LogP contribution in [0.25, 0.3) is 56.4 Å². The Balaban J connectivity index is 1.14. The van der Waals surface area contributed by atoms with Crippen LogP contribution in [0.1, 0.15) is 27.8 Å². The van der Waals surface area contributed by atoms with E-state index in [4.69, 9.17) is 19.7 Å². The van der Waals surface area contributed by atoms with Gasteiger partial charge in [0.25, 0.3) is 0 Å². The van der Waals surface area contributed by atoms with E-state index in [0.29, 0.717) is 23.0 Å². The molecule has 2 heterocycles. The molecule has 0 bridgehead atoms. The van der Waals surface area contributed by atoms with Crippen LogP contribution in [0.4, 0.5) is 0 Å². The van der Waals surface area contributed by atoms with Crippen LogP contribution in [0.15, 0.2) is 206 Å². The molecule has 58 heavy (non-hydrogen) atoms. The van der Waals surface area contributed by atoms with Gasteiger partial charge in [-0.2, -0.15) is 5.26 Å². The highest BCUT2D eigenvalue weighted by Gasteiger charge is 2.45. The normalized spacial score (nSPS) is 12.4. The fourth-order valence-corrected chi connectivity index (χ4v) is 8.24. The molecule has 0 unspecified atom stereocenters. The van der Waals surface area contributed by atoms with E-state index in [9.17, 15) is 5.26 Å². The van der Waals surface area contributed by atoms with Gasteiger partial charge in [0, 0.05) is 33.4 Å². The van der Waals surface area contributed by atoms with Crippen molar-refractivity contribution in [1.29, 1.82) is 5.26 Å². The first-order valence-electron chi connectivity index (χ1n) is 19.2. The summed E-state index contributed by atoms with van der Waals surface area (Å²) in [6.45, 7) is 0. The highest BCUT2D eigenvalue weighted by atomic mass is 16.5. The molecule has 0 radical (unpaired) electrons. The third-order valence-corrected chi connectivity index (χ3v) is 10.9. The molecule has 1 aliphatic heterocycles. The Kier molecular flexibility index (Phi) is 8.70. The molecule has 0 amide bonds. The average Bonchev–Trinajstić information content (AvgIpc) is 3.31. The third-order valence-electron chi connectivity index (χ3n) is 10.9. The largest absolute Gasteiger partial charge is 0.456 e. The topological polar surface area (TPSA) is 71.7 Å². The van der Waals surface area contributed by atoms with E-state index >= 15 is 0 Å². The third kappa shape index (κ3) is 6.01. The Morgan fingerprint density at radius 2 is 0.862 bits per heavy atom. The molecule has 0 atom stereocenters. The second-order valence-corrected chi connectivity index (χ2v) is 14.3. The molecule has 10 rings (SSSR count). The van der Waals surface area contributed by atoms with Gasteiger partial charge in [0.05, 0.1) is 17.0 Å². The molecule has 0 spiro atoms. The molecule has 1 aliphatic rings. The molecule has 0 saturated heterocycles. The van der Waals surface area contributed by atoms with Crippen molar-refractivity contribution in [2.45, 2.75) is 5.41 Å². The maximum Gasteiger partial charge on any atom is 0.164 e. The number of rotatable bonds is 7. The summed E-state index contributed by atoms with van der Waals surface area (Å²) in [5.41, 5.74) is 10.9. The van der Waals surface area contributed by atoms with Crippen molar-refractivity contribution >= 4 is 0 Å². The summed E-state index contributed by atoms with van der Waals surface area (Å²) in [6, 6.07) is 72.6.